The number of nitro groups is 1. The number of thiocarbonyl (C=S) groups is 1. The average molecular weight is 379 g/mol. The number of non-ortho nitro benzene ring substituents is 1. The first-order valence-electron chi connectivity index (χ1n) is 8.17. The number of hydrogen-bond acceptors (Lipinski definition) is 4. The molecular formula is C20H17N3O3S. The van der Waals surface area contributed by atoms with Crippen molar-refractivity contribution in [1.82, 2.24) is 0 Å². The van der Waals surface area contributed by atoms with Crippen LogP contribution in [0.2, 0.25) is 0 Å². The van der Waals surface area contributed by atoms with Gasteiger partial charge >= 0.3 is 0 Å². The first-order chi connectivity index (χ1) is 13.0. The molecule has 0 saturated carbocycles. The summed E-state index contributed by atoms with van der Waals surface area (Å²) in [7, 11) is 0. The summed E-state index contributed by atoms with van der Waals surface area (Å²) in [6, 6.07) is 21.5. The number of rotatable bonds is 5. The second kappa shape index (κ2) is 8.29. The summed E-state index contributed by atoms with van der Waals surface area (Å²) in [6.07, 6.45) is 0. The van der Waals surface area contributed by atoms with Crippen LogP contribution in [-0.2, 0) is 0 Å². The lowest BCUT2D eigenvalue weighted by Gasteiger charge is -2.13. The van der Waals surface area contributed by atoms with Gasteiger partial charge in [0.2, 0.25) is 0 Å². The van der Waals surface area contributed by atoms with Crippen molar-refractivity contribution in [2.24, 2.45) is 0 Å². The second-order valence-electron chi connectivity index (χ2n) is 5.77. The Hall–Kier alpha value is -3.45. The van der Waals surface area contributed by atoms with E-state index >= 15 is 0 Å². The van der Waals surface area contributed by atoms with Crippen LogP contribution in [-0.4, -0.2) is 10.0 Å². The summed E-state index contributed by atoms with van der Waals surface area (Å²) in [4.78, 5) is 10.4. The highest BCUT2D eigenvalue weighted by atomic mass is 32.1. The van der Waals surface area contributed by atoms with E-state index in [4.69, 9.17) is 17.0 Å². The molecule has 0 saturated heterocycles. The zero-order valence-electron chi connectivity index (χ0n) is 14.5. The van der Waals surface area contributed by atoms with E-state index in [1.54, 1.807) is 13.0 Å². The molecule has 0 aliphatic heterocycles. The van der Waals surface area contributed by atoms with E-state index < -0.39 is 4.92 Å². The molecule has 0 amide bonds. The predicted molar refractivity (Wildman–Crippen MR) is 111 cm³/mol. The summed E-state index contributed by atoms with van der Waals surface area (Å²) in [5, 5.41) is 17.3. The minimum Gasteiger partial charge on any atom is -0.457 e. The normalized spacial score (nSPS) is 10.1. The Labute approximate surface area is 162 Å². The fraction of sp³-hybridized carbons (Fsp3) is 0.0500. The SMILES string of the molecule is Cc1cc([N+](=O)[O-])ccc1NC(=S)Nc1ccc(Oc2ccccc2)cc1. The standard InChI is InChI=1S/C20H17N3O3S/c1-14-13-16(23(24)25)9-12-19(14)22-20(27)21-15-7-10-18(11-8-15)26-17-5-3-2-4-6-17/h2-13H,1H3,(H2,21,22,27). The average Bonchev–Trinajstić information content (AvgIpc) is 2.65. The molecule has 0 aliphatic rings. The molecule has 3 aromatic rings. The van der Waals surface area contributed by atoms with Gasteiger partial charge in [0.15, 0.2) is 5.11 Å². The first-order valence-corrected chi connectivity index (χ1v) is 8.58. The fourth-order valence-electron chi connectivity index (χ4n) is 2.42. The highest BCUT2D eigenvalue weighted by molar-refractivity contribution is 7.80. The first kappa shape index (κ1) is 18.3. The van der Waals surface area contributed by atoms with Crippen LogP contribution in [0, 0.1) is 17.0 Å². The largest absolute Gasteiger partial charge is 0.457 e. The smallest absolute Gasteiger partial charge is 0.269 e. The molecule has 0 spiro atoms. The summed E-state index contributed by atoms with van der Waals surface area (Å²) in [5.41, 5.74) is 2.29. The monoisotopic (exact) mass is 379 g/mol. The fourth-order valence-corrected chi connectivity index (χ4v) is 2.65. The molecule has 3 aromatic carbocycles. The van der Waals surface area contributed by atoms with Crippen molar-refractivity contribution >= 4 is 34.4 Å². The van der Waals surface area contributed by atoms with Crippen LogP contribution >= 0.6 is 12.2 Å². The highest BCUT2D eigenvalue weighted by Gasteiger charge is 2.09. The molecular weight excluding hydrogens is 362 g/mol. The van der Waals surface area contributed by atoms with E-state index in [-0.39, 0.29) is 5.69 Å². The van der Waals surface area contributed by atoms with Crippen molar-refractivity contribution in [2.45, 2.75) is 6.92 Å². The van der Waals surface area contributed by atoms with Gasteiger partial charge in [0.05, 0.1) is 4.92 Å². The van der Waals surface area contributed by atoms with Crippen LogP contribution in [0.4, 0.5) is 17.1 Å². The molecule has 0 heterocycles. The Morgan fingerprint density at radius 2 is 1.63 bits per heavy atom. The Morgan fingerprint density at radius 1 is 0.963 bits per heavy atom. The maximum absolute atomic E-state index is 10.8. The van der Waals surface area contributed by atoms with Gasteiger partial charge in [-0.3, -0.25) is 10.1 Å². The predicted octanol–water partition coefficient (Wildman–Crippen LogP) is 5.50. The molecule has 0 bridgehead atoms. The van der Waals surface area contributed by atoms with Crippen LogP contribution in [0.15, 0.2) is 72.8 Å². The Morgan fingerprint density at radius 3 is 2.26 bits per heavy atom. The van der Waals surface area contributed by atoms with Crippen LogP contribution in [0.25, 0.3) is 0 Å². The van der Waals surface area contributed by atoms with Gasteiger partial charge in [0, 0.05) is 23.5 Å². The number of anilines is 2. The molecule has 27 heavy (non-hydrogen) atoms. The van der Waals surface area contributed by atoms with Crippen molar-refractivity contribution in [1.29, 1.82) is 0 Å². The molecule has 7 heteroatoms. The van der Waals surface area contributed by atoms with E-state index in [1.165, 1.54) is 12.1 Å². The maximum atomic E-state index is 10.8. The van der Waals surface area contributed by atoms with Gasteiger partial charge in [-0.05, 0) is 67.2 Å². The lowest BCUT2D eigenvalue weighted by atomic mass is 10.2. The number of nitrogens with zero attached hydrogens (tertiary/aromatic N) is 1. The van der Waals surface area contributed by atoms with Crippen molar-refractivity contribution < 1.29 is 9.66 Å². The van der Waals surface area contributed by atoms with Crippen LogP contribution in [0.3, 0.4) is 0 Å². The topological polar surface area (TPSA) is 76.4 Å². The summed E-state index contributed by atoms with van der Waals surface area (Å²) in [5.74, 6) is 1.49. The number of ether oxygens (including phenoxy) is 1. The third-order valence-electron chi connectivity index (χ3n) is 3.76. The van der Waals surface area contributed by atoms with Gasteiger partial charge in [-0.1, -0.05) is 18.2 Å². The molecule has 0 aromatic heterocycles. The quantitative estimate of drug-likeness (QED) is 0.346. The summed E-state index contributed by atoms with van der Waals surface area (Å²) < 4.78 is 5.75. The number of hydrogen-bond donors (Lipinski definition) is 2. The third-order valence-corrected chi connectivity index (χ3v) is 3.96. The highest BCUT2D eigenvalue weighted by Crippen LogP contribution is 2.24. The molecule has 2 N–H and O–H groups in total. The molecule has 136 valence electrons. The molecule has 6 nitrogen and oxygen atoms in total. The number of aryl methyl sites for hydroxylation is 1. The molecule has 0 radical (unpaired) electrons. The molecule has 0 unspecified atom stereocenters. The second-order valence-corrected chi connectivity index (χ2v) is 6.18. The van der Waals surface area contributed by atoms with Crippen LogP contribution in [0.5, 0.6) is 11.5 Å². The van der Waals surface area contributed by atoms with Crippen LogP contribution < -0.4 is 15.4 Å². The van der Waals surface area contributed by atoms with E-state index in [2.05, 4.69) is 10.6 Å². The number of nitrogens with one attached hydrogen (secondary N) is 2. The molecule has 0 aliphatic carbocycles. The van der Waals surface area contributed by atoms with Crippen molar-refractivity contribution in [3.8, 4) is 11.5 Å². The van der Waals surface area contributed by atoms with Gasteiger partial charge in [0.1, 0.15) is 11.5 Å². The van der Waals surface area contributed by atoms with E-state index in [0.717, 1.165) is 22.7 Å². The Kier molecular flexibility index (Phi) is 5.63. The molecule has 0 atom stereocenters. The Balaban J connectivity index is 1.60. The maximum Gasteiger partial charge on any atom is 0.269 e. The van der Waals surface area contributed by atoms with Crippen molar-refractivity contribution in [3.63, 3.8) is 0 Å². The van der Waals surface area contributed by atoms with E-state index in [0.29, 0.717) is 10.8 Å². The van der Waals surface area contributed by atoms with Gasteiger partial charge in [-0.2, -0.15) is 0 Å². The lowest BCUT2D eigenvalue weighted by Crippen LogP contribution is -2.19. The van der Waals surface area contributed by atoms with Gasteiger partial charge in [0.25, 0.3) is 5.69 Å². The number of nitro benzene ring substituents is 1. The number of para-hydroxylation sites is 1. The molecule has 0 fully saturated rings. The summed E-state index contributed by atoms with van der Waals surface area (Å²) in [6.45, 7) is 1.79. The van der Waals surface area contributed by atoms with Crippen molar-refractivity contribution in [3.05, 3.63) is 88.5 Å². The van der Waals surface area contributed by atoms with Gasteiger partial charge < -0.3 is 15.4 Å². The van der Waals surface area contributed by atoms with Gasteiger partial charge in [-0.15, -0.1) is 0 Å². The van der Waals surface area contributed by atoms with Crippen molar-refractivity contribution in [2.75, 3.05) is 10.6 Å². The minimum atomic E-state index is -0.424. The van der Waals surface area contributed by atoms with Gasteiger partial charge in [-0.25, -0.2) is 0 Å². The lowest BCUT2D eigenvalue weighted by molar-refractivity contribution is -0.384. The zero-order chi connectivity index (χ0) is 19.2. The van der Waals surface area contributed by atoms with Crippen LogP contribution in [0.1, 0.15) is 5.56 Å². The summed E-state index contributed by atoms with van der Waals surface area (Å²) >= 11 is 5.31. The number of benzene rings is 3. The van der Waals surface area contributed by atoms with E-state index in [9.17, 15) is 10.1 Å². The third kappa shape index (κ3) is 5.02. The zero-order valence-corrected chi connectivity index (χ0v) is 15.3. The van der Waals surface area contributed by atoms with E-state index in [1.807, 2.05) is 54.6 Å². The minimum absolute atomic E-state index is 0.0472. The molecule has 3 rings (SSSR count). The Bertz CT molecular complexity index is 960.